The highest BCUT2D eigenvalue weighted by atomic mass is 32.1. The number of rotatable bonds is 2. The molecule has 1 atom stereocenters. The Morgan fingerprint density at radius 3 is 2.96 bits per heavy atom. The SMILES string of the molecule is CC(C)(C)c1csc([C@@H]2CN(c3ccc4nncn4n3)CCO2)n1. The summed E-state index contributed by atoms with van der Waals surface area (Å²) in [7, 11) is 0. The minimum absolute atomic E-state index is 0.0155. The molecule has 0 radical (unpaired) electrons. The van der Waals surface area contributed by atoms with Crippen molar-refractivity contribution < 1.29 is 4.74 Å². The summed E-state index contributed by atoms with van der Waals surface area (Å²) in [5, 5.41) is 15.6. The predicted molar refractivity (Wildman–Crippen MR) is 92.5 cm³/mol. The fraction of sp³-hybridized carbons (Fsp3) is 0.500. The molecule has 1 aliphatic rings. The molecular formula is C16H20N6OS. The van der Waals surface area contributed by atoms with E-state index in [-0.39, 0.29) is 11.5 Å². The van der Waals surface area contributed by atoms with Crippen LogP contribution >= 0.6 is 11.3 Å². The third-order valence-corrected chi connectivity index (χ3v) is 5.04. The Morgan fingerprint density at radius 1 is 1.29 bits per heavy atom. The van der Waals surface area contributed by atoms with Crippen LogP contribution in [0.3, 0.4) is 0 Å². The Morgan fingerprint density at radius 2 is 2.17 bits per heavy atom. The Balaban J connectivity index is 1.56. The molecule has 1 aliphatic heterocycles. The molecule has 0 spiro atoms. The van der Waals surface area contributed by atoms with Gasteiger partial charge in [0.25, 0.3) is 0 Å². The zero-order valence-electron chi connectivity index (χ0n) is 14.0. The van der Waals surface area contributed by atoms with Gasteiger partial charge in [0.15, 0.2) is 5.65 Å². The van der Waals surface area contributed by atoms with Crippen LogP contribution in [0, 0.1) is 0 Å². The van der Waals surface area contributed by atoms with Gasteiger partial charge in [-0.05, 0) is 12.1 Å². The molecule has 0 aliphatic carbocycles. The highest BCUT2D eigenvalue weighted by Gasteiger charge is 2.27. The van der Waals surface area contributed by atoms with Gasteiger partial charge < -0.3 is 9.64 Å². The molecule has 1 saturated heterocycles. The average molecular weight is 344 g/mol. The first-order valence-corrected chi connectivity index (χ1v) is 8.88. The van der Waals surface area contributed by atoms with E-state index >= 15 is 0 Å². The maximum Gasteiger partial charge on any atom is 0.177 e. The normalized spacial score (nSPS) is 19.1. The number of hydrogen-bond donors (Lipinski definition) is 0. The van der Waals surface area contributed by atoms with Crippen LogP contribution in [0.2, 0.25) is 0 Å². The summed E-state index contributed by atoms with van der Waals surface area (Å²) in [6, 6.07) is 3.91. The largest absolute Gasteiger partial charge is 0.367 e. The van der Waals surface area contributed by atoms with Crippen molar-refractivity contribution in [2.24, 2.45) is 0 Å². The van der Waals surface area contributed by atoms with Crippen molar-refractivity contribution in [1.29, 1.82) is 0 Å². The molecule has 7 nitrogen and oxygen atoms in total. The number of ether oxygens (including phenoxy) is 1. The predicted octanol–water partition coefficient (Wildman–Crippen LogP) is 2.46. The van der Waals surface area contributed by atoms with E-state index in [1.54, 1.807) is 22.2 Å². The van der Waals surface area contributed by atoms with Gasteiger partial charge in [-0.25, -0.2) is 4.98 Å². The second kappa shape index (κ2) is 5.78. The summed E-state index contributed by atoms with van der Waals surface area (Å²) >= 11 is 1.68. The lowest BCUT2D eigenvalue weighted by Gasteiger charge is -2.32. The van der Waals surface area contributed by atoms with Gasteiger partial charge in [0.2, 0.25) is 0 Å². The maximum atomic E-state index is 5.96. The molecule has 0 N–H and O–H groups in total. The minimum Gasteiger partial charge on any atom is -0.367 e. The summed E-state index contributed by atoms with van der Waals surface area (Å²) in [4.78, 5) is 7.02. The van der Waals surface area contributed by atoms with Crippen molar-refractivity contribution in [1.82, 2.24) is 24.8 Å². The lowest BCUT2D eigenvalue weighted by Crippen LogP contribution is -2.39. The first kappa shape index (κ1) is 15.5. The Labute approximate surface area is 144 Å². The zero-order valence-corrected chi connectivity index (χ0v) is 14.8. The molecule has 126 valence electrons. The van der Waals surface area contributed by atoms with E-state index in [2.05, 4.69) is 46.3 Å². The van der Waals surface area contributed by atoms with Crippen LogP contribution in [0.5, 0.6) is 0 Å². The van der Waals surface area contributed by atoms with Crippen LogP contribution in [0.1, 0.15) is 37.6 Å². The summed E-state index contributed by atoms with van der Waals surface area (Å²) in [5.74, 6) is 0.906. The molecule has 3 aromatic rings. The van der Waals surface area contributed by atoms with Crippen LogP contribution in [0.15, 0.2) is 23.8 Å². The van der Waals surface area contributed by atoms with Gasteiger partial charge in [-0.1, -0.05) is 20.8 Å². The number of anilines is 1. The van der Waals surface area contributed by atoms with Crippen molar-refractivity contribution in [2.45, 2.75) is 32.3 Å². The van der Waals surface area contributed by atoms with Gasteiger partial charge in [0.1, 0.15) is 23.3 Å². The molecular weight excluding hydrogens is 324 g/mol. The minimum atomic E-state index is -0.0155. The van der Waals surface area contributed by atoms with E-state index in [1.165, 1.54) is 0 Å². The third-order valence-electron chi connectivity index (χ3n) is 4.10. The topological polar surface area (TPSA) is 68.4 Å². The summed E-state index contributed by atoms with van der Waals surface area (Å²) in [6.07, 6.45) is 1.60. The molecule has 0 amide bonds. The van der Waals surface area contributed by atoms with Crippen LogP contribution in [0.4, 0.5) is 5.82 Å². The molecule has 0 aromatic carbocycles. The van der Waals surface area contributed by atoms with E-state index in [0.717, 1.165) is 35.3 Å². The van der Waals surface area contributed by atoms with Crippen molar-refractivity contribution in [3.63, 3.8) is 0 Å². The van der Waals surface area contributed by atoms with Crippen LogP contribution in [0.25, 0.3) is 5.65 Å². The van der Waals surface area contributed by atoms with Gasteiger partial charge in [0.05, 0.1) is 18.8 Å². The van der Waals surface area contributed by atoms with Crippen molar-refractivity contribution in [3.8, 4) is 0 Å². The second-order valence-electron chi connectivity index (χ2n) is 6.95. The fourth-order valence-corrected chi connectivity index (χ4v) is 3.76. The lowest BCUT2D eigenvalue weighted by molar-refractivity contribution is 0.0391. The number of thiazole rings is 1. The molecule has 8 heteroatoms. The van der Waals surface area contributed by atoms with Gasteiger partial charge in [-0.15, -0.1) is 26.6 Å². The average Bonchev–Trinajstić information content (AvgIpc) is 3.23. The Kier molecular flexibility index (Phi) is 3.73. The molecule has 4 heterocycles. The molecule has 0 saturated carbocycles. The van der Waals surface area contributed by atoms with Gasteiger partial charge >= 0.3 is 0 Å². The summed E-state index contributed by atoms with van der Waals surface area (Å²) in [5.41, 5.74) is 1.93. The number of nitrogens with zero attached hydrogens (tertiary/aromatic N) is 6. The number of morpholine rings is 1. The number of aromatic nitrogens is 5. The molecule has 0 unspecified atom stereocenters. The van der Waals surface area contributed by atoms with Gasteiger partial charge in [0, 0.05) is 17.3 Å². The second-order valence-corrected chi connectivity index (χ2v) is 7.84. The van der Waals surface area contributed by atoms with Crippen molar-refractivity contribution in [3.05, 3.63) is 34.5 Å². The van der Waals surface area contributed by atoms with Crippen molar-refractivity contribution in [2.75, 3.05) is 24.6 Å². The zero-order chi connectivity index (χ0) is 16.7. The highest BCUT2D eigenvalue weighted by Crippen LogP contribution is 2.31. The highest BCUT2D eigenvalue weighted by molar-refractivity contribution is 7.09. The molecule has 24 heavy (non-hydrogen) atoms. The first-order chi connectivity index (χ1) is 11.5. The Hall–Kier alpha value is -2.06. The van der Waals surface area contributed by atoms with E-state index in [1.807, 2.05) is 12.1 Å². The quantitative estimate of drug-likeness (QED) is 0.711. The molecule has 4 rings (SSSR count). The molecule has 3 aromatic heterocycles. The van der Waals surface area contributed by atoms with Gasteiger partial charge in [-0.3, -0.25) is 0 Å². The molecule has 0 bridgehead atoms. The van der Waals surface area contributed by atoms with Crippen molar-refractivity contribution >= 4 is 22.8 Å². The number of hydrogen-bond acceptors (Lipinski definition) is 7. The monoisotopic (exact) mass is 344 g/mol. The third kappa shape index (κ3) is 2.87. The number of fused-ring (bicyclic) bond motifs is 1. The van der Waals surface area contributed by atoms with Crippen LogP contribution in [-0.2, 0) is 10.2 Å². The lowest BCUT2D eigenvalue weighted by atomic mass is 9.93. The maximum absolute atomic E-state index is 5.96. The molecule has 1 fully saturated rings. The Bertz CT molecular complexity index is 851. The fourth-order valence-electron chi connectivity index (χ4n) is 2.67. The van der Waals surface area contributed by atoms with E-state index in [9.17, 15) is 0 Å². The summed E-state index contributed by atoms with van der Waals surface area (Å²) < 4.78 is 7.66. The smallest absolute Gasteiger partial charge is 0.177 e. The van der Waals surface area contributed by atoms with Crippen LogP contribution in [-0.4, -0.2) is 44.5 Å². The van der Waals surface area contributed by atoms with E-state index in [0.29, 0.717) is 6.61 Å². The standard InChI is InChI=1S/C16H20N6OS/c1-16(2,3)12-9-24-15(18-12)11-8-21(6-7-23-11)14-5-4-13-19-17-10-22(13)20-14/h4-5,9-11H,6-8H2,1-3H3/t11-/m0/s1. The first-order valence-electron chi connectivity index (χ1n) is 8.00. The van der Waals surface area contributed by atoms with E-state index < -0.39 is 0 Å². The summed E-state index contributed by atoms with van der Waals surface area (Å²) in [6.45, 7) is 8.76. The van der Waals surface area contributed by atoms with Gasteiger partial charge in [-0.2, -0.15) is 4.52 Å². The van der Waals surface area contributed by atoms with Crippen LogP contribution < -0.4 is 4.90 Å². The van der Waals surface area contributed by atoms with E-state index in [4.69, 9.17) is 9.72 Å².